The van der Waals surface area contributed by atoms with E-state index in [0.29, 0.717) is 4.90 Å². The molecule has 8 heteroatoms. The Hall–Kier alpha value is -2.90. The first-order valence-corrected chi connectivity index (χ1v) is 8.39. The Kier molecular flexibility index (Phi) is 5.30. The van der Waals surface area contributed by atoms with Crippen molar-refractivity contribution in [2.75, 3.05) is 10.6 Å². The SMILES string of the molecule is CC(C)(C)OC(=O)N(C(=O)OC(C)(C)C)c1nccc2c(F)c(N)ccc12. The molecule has 0 unspecified atom stereocenters. The number of fused-ring (bicyclic) bond motifs is 1. The highest BCUT2D eigenvalue weighted by molar-refractivity contribution is 6.14. The third kappa shape index (κ3) is 4.84. The lowest BCUT2D eigenvalue weighted by Crippen LogP contribution is -2.44. The van der Waals surface area contributed by atoms with Crippen molar-refractivity contribution < 1.29 is 23.5 Å². The molecule has 0 atom stereocenters. The van der Waals surface area contributed by atoms with E-state index in [-0.39, 0.29) is 22.3 Å². The van der Waals surface area contributed by atoms with Crippen molar-refractivity contribution in [3.05, 3.63) is 30.2 Å². The van der Waals surface area contributed by atoms with E-state index in [9.17, 15) is 14.0 Å². The van der Waals surface area contributed by atoms with Crippen molar-refractivity contribution >= 4 is 34.5 Å². The summed E-state index contributed by atoms with van der Waals surface area (Å²) in [7, 11) is 0. The number of hydrogen-bond acceptors (Lipinski definition) is 6. The number of nitrogens with zero attached hydrogens (tertiary/aromatic N) is 2. The minimum absolute atomic E-state index is 0.0549. The first-order chi connectivity index (χ1) is 12.3. The van der Waals surface area contributed by atoms with E-state index in [1.807, 2.05) is 0 Å². The Morgan fingerprint density at radius 2 is 1.48 bits per heavy atom. The second kappa shape index (κ2) is 7.02. The Bertz CT molecular complexity index is 857. The lowest BCUT2D eigenvalue weighted by molar-refractivity contribution is 0.0429. The molecular weight excluding hydrogens is 353 g/mol. The smallest absolute Gasteiger partial charge is 0.425 e. The van der Waals surface area contributed by atoms with Crippen molar-refractivity contribution in [3.8, 4) is 0 Å². The van der Waals surface area contributed by atoms with Gasteiger partial charge >= 0.3 is 12.2 Å². The number of nitrogen functional groups attached to an aromatic ring is 1. The molecule has 27 heavy (non-hydrogen) atoms. The third-order valence-electron chi connectivity index (χ3n) is 3.25. The van der Waals surface area contributed by atoms with Gasteiger partial charge in [-0.05, 0) is 59.7 Å². The predicted octanol–water partition coefficient (Wildman–Crippen LogP) is 4.63. The summed E-state index contributed by atoms with van der Waals surface area (Å²) in [5.41, 5.74) is 3.82. The average molecular weight is 377 g/mol. The maximum atomic E-state index is 14.4. The number of anilines is 2. The molecule has 146 valence electrons. The van der Waals surface area contributed by atoms with Gasteiger partial charge in [0.2, 0.25) is 0 Å². The number of pyridine rings is 1. The van der Waals surface area contributed by atoms with Crippen LogP contribution in [-0.2, 0) is 9.47 Å². The maximum absolute atomic E-state index is 14.4. The molecule has 0 bridgehead atoms. The van der Waals surface area contributed by atoms with E-state index < -0.39 is 29.2 Å². The molecule has 0 fully saturated rings. The fourth-order valence-corrected chi connectivity index (χ4v) is 2.26. The highest BCUT2D eigenvalue weighted by atomic mass is 19.1. The molecule has 1 heterocycles. The summed E-state index contributed by atoms with van der Waals surface area (Å²) in [5, 5.41) is 0.345. The van der Waals surface area contributed by atoms with E-state index in [0.717, 1.165) is 0 Å². The van der Waals surface area contributed by atoms with Crippen LogP contribution in [0, 0.1) is 5.82 Å². The van der Waals surface area contributed by atoms with Gasteiger partial charge in [-0.25, -0.2) is 19.0 Å². The number of amides is 2. The average Bonchev–Trinajstić information content (AvgIpc) is 2.48. The first-order valence-electron chi connectivity index (χ1n) is 8.39. The van der Waals surface area contributed by atoms with Crippen LogP contribution in [0.3, 0.4) is 0 Å². The molecule has 0 aliphatic rings. The highest BCUT2D eigenvalue weighted by Gasteiger charge is 2.34. The van der Waals surface area contributed by atoms with Crippen molar-refractivity contribution in [1.29, 1.82) is 0 Å². The highest BCUT2D eigenvalue weighted by Crippen LogP contribution is 2.31. The van der Waals surface area contributed by atoms with Gasteiger partial charge in [0.1, 0.15) is 11.2 Å². The number of carbonyl (C=O) groups excluding carboxylic acids is 2. The normalized spacial score (nSPS) is 12.0. The van der Waals surface area contributed by atoms with Crippen molar-refractivity contribution in [2.45, 2.75) is 52.7 Å². The molecule has 0 aliphatic carbocycles. The van der Waals surface area contributed by atoms with Gasteiger partial charge < -0.3 is 15.2 Å². The summed E-state index contributed by atoms with van der Waals surface area (Å²) >= 11 is 0. The number of rotatable bonds is 1. The zero-order valence-corrected chi connectivity index (χ0v) is 16.3. The van der Waals surface area contributed by atoms with Crippen molar-refractivity contribution in [1.82, 2.24) is 4.98 Å². The lowest BCUT2D eigenvalue weighted by Gasteiger charge is -2.28. The van der Waals surface area contributed by atoms with Crippen molar-refractivity contribution in [3.63, 3.8) is 0 Å². The molecule has 1 aromatic carbocycles. The topological polar surface area (TPSA) is 94.8 Å². The molecular formula is C19H24FN3O4. The van der Waals surface area contributed by atoms with Gasteiger partial charge in [-0.15, -0.1) is 0 Å². The number of hydrogen-bond donors (Lipinski definition) is 1. The summed E-state index contributed by atoms with van der Waals surface area (Å²) in [5.74, 6) is -0.764. The number of carbonyl (C=O) groups is 2. The second-order valence-electron chi connectivity index (χ2n) is 7.99. The molecule has 2 aromatic rings. The lowest BCUT2D eigenvalue weighted by atomic mass is 10.1. The quantitative estimate of drug-likeness (QED) is 0.728. The van der Waals surface area contributed by atoms with Crippen LogP contribution >= 0.6 is 0 Å². The Morgan fingerprint density at radius 1 is 0.963 bits per heavy atom. The van der Waals surface area contributed by atoms with Crippen LogP contribution in [0.2, 0.25) is 0 Å². The second-order valence-corrected chi connectivity index (χ2v) is 7.99. The summed E-state index contributed by atoms with van der Waals surface area (Å²) in [6.07, 6.45) is -0.676. The van der Waals surface area contributed by atoms with Gasteiger partial charge in [0, 0.05) is 17.0 Å². The fraction of sp³-hybridized carbons (Fsp3) is 0.421. The standard InChI is InChI=1S/C19H24FN3O4/c1-18(2,3)26-16(24)23(17(25)27-19(4,5)6)15-12-7-8-13(21)14(20)11(12)9-10-22-15/h7-10H,21H2,1-6H3. The molecule has 0 saturated heterocycles. The Balaban J connectivity index is 2.63. The van der Waals surface area contributed by atoms with E-state index >= 15 is 0 Å². The fourth-order valence-electron chi connectivity index (χ4n) is 2.26. The Morgan fingerprint density at radius 3 is 1.96 bits per heavy atom. The summed E-state index contributed by atoms with van der Waals surface area (Å²) in [6, 6.07) is 4.23. The molecule has 2 amide bonds. The molecule has 0 spiro atoms. The summed E-state index contributed by atoms with van der Waals surface area (Å²) in [6.45, 7) is 9.97. The van der Waals surface area contributed by atoms with Gasteiger partial charge in [0.15, 0.2) is 11.6 Å². The molecule has 7 nitrogen and oxygen atoms in total. The van der Waals surface area contributed by atoms with E-state index in [1.54, 1.807) is 41.5 Å². The minimum Gasteiger partial charge on any atom is -0.443 e. The van der Waals surface area contributed by atoms with Gasteiger partial charge in [0.05, 0.1) is 5.69 Å². The molecule has 0 aliphatic heterocycles. The predicted molar refractivity (Wildman–Crippen MR) is 101 cm³/mol. The molecule has 2 N–H and O–H groups in total. The van der Waals surface area contributed by atoms with Gasteiger partial charge in [0.25, 0.3) is 0 Å². The zero-order chi connectivity index (χ0) is 20.6. The van der Waals surface area contributed by atoms with Crippen LogP contribution in [0.15, 0.2) is 24.4 Å². The van der Waals surface area contributed by atoms with Crippen LogP contribution < -0.4 is 10.6 Å². The van der Waals surface area contributed by atoms with E-state index in [2.05, 4.69) is 4.98 Å². The van der Waals surface area contributed by atoms with Crippen LogP contribution in [-0.4, -0.2) is 28.4 Å². The third-order valence-corrected chi connectivity index (χ3v) is 3.25. The number of aromatic nitrogens is 1. The Labute approximate surface area is 157 Å². The maximum Gasteiger partial charge on any atom is 0.425 e. The number of halogens is 1. The molecule has 1 aromatic heterocycles. The minimum atomic E-state index is -0.978. The largest absolute Gasteiger partial charge is 0.443 e. The number of benzene rings is 1. The molecule has 0 saturated carbocycles. The number of imide groups is 1. The first kappa shape index (κ1) is 20.4. The number of ether oxygens (including phenoxy) is 2. The van der Waals surface area contributed by atoms with Gasteiger partial charge in [-0.3, -0.25) is 0 Å². The van der Waals surface area contributed by atoms with Crippen LogP contribution in [0.4, 0.5) is 25.5 Å². The summed E-state index contributed by atoms with van der Waals surface area (Å²) in [4.78, 5) is 30.2. The van der Waals surface area contributed by atoms with Crippen LogP contribution in [0.25, 0.3) is 10.8 Å². The van der Waals surface area contributed by atoms with Crippen molar-refractivity contribution in [2.24, 2.45) is 0 Å². The summed E-state index contributed by atoms with van der Waals surface area (Å²) < 4.78 is 25.0. The van der Waals surface area contributed by atoms with Crippen LogP contribution in [0.5, 0.6) is 0 Å². The van der Waals surface area contributed by atoms with E-state index in [1.165, 1.54) is 24.4 Å². The molecule has 2 rings (SSSR count). The monoisotopic (exact) mass is 377 g/mol. The number of nitrogens with two attached hydrogens (primary N) is 1. The zero-order valence-electron chi connectivity index (χ0n) is 16.3. The molecule has 0 radical (unpaired) electrons. The van der Waals surface area contributed by atoms with Gasteiger partial charge in [-0.2, -0.15) is 4.90 Å². The van der Waals surface area contributed by atoms with E-state index in [4.69, 9.17) is 15.2 Å². The van der Waals surface area contributed by atoms with Gasteiger partial charge in [-0.1, -0.05) is 0 Å². The van der Waals surface area contributed by atoms with Crippen LogP contribution in [0.1, 0.15) is 41.5 Å².